The van der Waals surface area contributed by atoms with Crippen LogP contribution in [0.3, 0.4) is 0 Å². The molecule has 1 N–H and O–H groups in total. The number of hydrazone groups is 1. The molecule has 0 fully saturated rings. The molecule has 0 aliphatic heterocycles. The highest BCUT2D eigenvalue weighted by Crippen LogP contribution is 2.04. The molecule has 0 bridgehead atoms. The Morgan fingerprint density at radius 1 is 1.12 bits per heavy atom. The van der Waals surface area contributed by atoms with E-state index in [9.17, 15) is 5.21 Å². The summed E-state index contributed by atoms with van der Waals surface area (Å²) < 4.78 is 0.740. The molecular formula is C12H11N3O. The second-order valence-corrected chi connectivity index (χ2v) is 3.23. The minimum atomic E-state index is 0.740. The summed E-state index contributed by atoms with van der Waals surface area (Å²) in [6, 6.07) is 13.1. The van der Waals surface area contributed by atoms with Gasteiger partial charge in [0.2, 0.25) is 0 Å². The van der Waals surface area contributed by atoms with E-state index in [1.54, 1.807) is 12.3 Å². The third-order valence-corrected chi connectivity index (χ3v) is 1.98. The van der Waals surface area contributed by atoms with Gasteiger partial charge in [0.05, 0.1) is 17.5 Å². The number of para-hydroxylation sites is 1. The van der Waals surface area contributed by atoms with Gasteiger partial charge in [-0.05, 0) is 18.2 Å². The van der Waals surface area contributed by atoms with Crippen molar-refractivity contribution < 1.29 is 4.73 Å². The van der Waals surface area contributed by atoms with E-state index < -0.39 is 0 Å². The highest BCUT2D eigenvalue weighted by atomic mass is 16.5. The molecule has 2 aromatic rings. The Morgan fingerprint density at radius 3 is 2.69 bits per heavy atom. The zero-order valence-electron chi connectivity index (χ0n) is 8.58. The van der Waals surface area contributed by atoms with Crippen molar-refractivity contribution in [1.29, 1.82) is 0 Å². The average molecular weight is 213 g/mol. The largest absolute Gasteiger partial charge is 0.619 e. The number of nitrogens with zero attached hydrogens (tertiary/aromatic N) is 2. The van der Waals surface area contributed by atoms with Gasteiger partial charge < -0.3 is 5.21 Å². The van der Waals surface area contributed by atoms with Gasteiger partial charge in [0.25, 0.3) is 0 Å². The molecule has 0 amide bonds. The normalized spacial score (nSPS) is 10.5. The molecule has 0 aliphatic rings. The number of pyridine rings is 1. The lowest BCUT2D eigenvalue weighted by Gasteiger charge is -1.98. The molecule has 0 aliphatic carbocycles. The van der Waals surface area contributed by atoms with Gasteiger partial charge in [-0.15, -0.1) is 0 Å². The molecule has 4 nitrogen and oxygen atoms in total. The number of benzene rings is 1. The molecule has 1 heterocycles. The van der Waals surface area contributed by atoms with Gasteiger partial charge in [-0.3, -0.25) is 5.43 Å². The van der Waals surface area contributed by atoms with E-state index in [1.165, 1.54) is 12.4 Å². The predicted molar refractivity (Wildman–Crippen MR) is 63.1 cm³/mol. The fourth-order valence-corrected chi connectivity index (χ4v) is 1.24. The number of aromatic nitrogens is 1. The van der Waals surface area contributed by atoms with Crippen molar-refractivity contribution in [2.45, 2.75) is 0 Å². The number of nitrogens with one attached hydrogen (secondary N) is 1. The molecule has 1 aromatic carbocycles. The molecule has 0 saturated heterocycles. The summed E-state index contributed by atoms with van der Waals surface area (Å²) in [5, 5.41) is 15.0. The number of anilines is 1. The second kappa shape index (κ2) is 4.93. The van der Waals surface area contributed by atoms with Gasteiger partial charge >= 0.3 is 0 Å². The molecule has 0 unspecified atom stereocenters. The van der Waals surface area contributed by atoms with Gasteiger partial charge in [0.15, 0.2) is 12.4 Å². The Bertz CT molecular complexity index is 483. The van der Waals surface area contributed by atoms with E-state index in [0.29, 0.717) is 0 Å². The minimum Gasteiger partial charge on any atom is -0.619 e. The predicted octanol–water partition coefficient (Wildman–Crippen LogP) is 1.77. The maximum Gasteiger partial charge on any atom is 0.189 e. The lowest BCUT2D eigenvalue weighted by Crippen LogP contribution is -2.24. The molecule has 0 atom stereocenters. The Balaban J connectivity index is 2.00. The molecule has 4 heteroatoms. The van der Waals surface area contributed by atoms with Gasteiger partial charge in [0, 0.05) is 6.07 Å². The van der Waals surface area contributed by atoms with Crippen LogP contribution in [0.25, 0.3) is 0 Å². The summed E-state index contributed by atoms with van der Waals surface area (Å²) in [5.74, 6) is 0. The van der Waals surface area contributed by atoms with Gasteiger partial charge in [-0.1, -0.05) is 18.2 Å². The topological polar surface area (TPSA) is 51.3 Å². The zero-order valence-corrected chi connectivity index (χ0v) is 8.58. The van der Waals surface area contributed by atoms with Crippen molar-refractivity contribution in [2.75, 3.05) is 5.43 Å². The summed E-state index contributed by atoms with van der Waals surface area (Å²) >= 11 is 0. The number of rotatable bonds is 3. The minimum absolute atomic E-state index is 0.740. The van der Waals surface area contributed by atoms with E-state index in [1.807, 2.05) is 36.4 Å². The van der Waals surface area contributed by atoms with Gasteiger partial charge in [-0.2, -0.15) is 9.83 Å². The molecule has 0 radical (unpaired) electrons. The van der Waals surface area contributed by atoms with Crippen LogP contribution in [0.2, 0.25) is 0 Å². The highest BCUT2D eigenvalue weighted by molar-refractivity contribution is 5.79. The Kier molecular flexibility index (Phi) is 3.13. The Labute approximate surface area is 93.4 Å². The maximum atomic E-state index is 11.0. The van der Waals surface area contributed by atoms with Crippen molar-refractivity contribution in [3.05, 3.63) is 65.6 Å². The summed E-state index contributed by atoms with van der Waals surface area (Å²) in [5.41, 5.74) is 4.53. The first-order valence-electron chi connectivity index (χ1n) is 4.87. The van der Waals surface area contributed by atoms with Crippen LogP contribution in [-0.2, 0) is 0 Å². The lowest BCUT2D eigenvalue weighted by atomic mass is 10.3. The first-order chi connectivity index (χ1) is 7.84. The average Bonchev–Trinajstić information content (AvgIpc) is 2.30. The summed E-state index contributed by atoms with van der Waals surface area (Å²) in [6.07, 6.45) is 4.49. The van der Waals surface area contributed by atoms with Crippen molar-refractivity contribution in [2.24, 2.45) is 5.10 Å². The summed E-state index contributed by atoms with van der Waals surface area (Å²) in [6.45, 7) is 0. The van der Waals surface area contributed by atoms with Gasteiger partial charge in [-0.25, -0.2) is 0 Å². The Hall–Kier alpha value is -2.36. The molecule has 16 heavy (non-hydrogen) atoms. The fraction of sp³-hybridized carbons (Fsp3) is 0. The molecule has 0 spiro atoms. The van der Waals surface area contributed by atoms with Crippen LogP contribution in [0.1, 0.15) is 5.56 Å². The lowest BCUT2D eigenvalue weighted by molar-refractivity contribution is -0.605. The van der Waals surface area contributed by atoms with Gasteiger partial charge in [0.1, 0.15) is 0 Å². The number of hydrogen-bond acceptors (Lipinski definition) is 3. The SMILES string of the molecule is [O-][n+]1cccc(/C=N\Nc2ccccc2)c1. The smallest absolute Gasteiger partial charge is 0.189 e. The molecule has 0 saturated carbocycles. The van der Waals surface area contributed by atoms with E-state index in [2.05, 4.69) is 10.5 Å². The standard InChI is InChI=1S/C12H11N3O/c16-15-8-4-5-11(10-15)9-13-14-12-6-2-1-3-7-12/h1-10,14H/b13-9-. The van der Waals surface area contributed by atoms with Crippen LogP contribution in [0.15, 0.2) is 60.0 Å². The molecule has 2 rings (SSSR count). The first kappa shape index (κ1) is 10.2. The summed E-state index contributed by atoms with van der Waals surface area (Å²) in [7, 11) is 0. The van der Waals surface area contributed by atoms with Crippen LogP contribution < -0.4 is 10.2 Å². The summed E-state index contributed by atoms with van der Waals surface area (Å²) in [4.78, 5) is 0. The molecule has 80 valence electrons. The quantitative estimate of drug-likeness (QED) is 0.365. The third kappa shape index (κ3) is 2.81. The Morgan fingerprint density at radius 2 is 1.94 bits per heavy atom. The van der Waals surface area contributed by atoms with Crippen molar-refractivity contribution in [3.8, 4) is 0 Å². The van der Waals surface area contributed by atoms with Crippen molar-refractivity contribution >= 4 is 11.9 Å². The van der Waals surface area contributed by atoms with Crippen LogP contribution in [-0.4, -0.2) is 6.21 Å². The van der Waals surface area contributed by atoms with Crippen LogP contribution in [0, 0.1) is 5.21 Å². The zero-order chi connectivity index (χ0) is 11.2. The first-order valence-corrected chi connectivity index (χ1v) is 4.87. The van der Waals surface area contributed by atoms with Crippen LogP contribution >= 0.6 is 0 Å². The monoisotopic (exact) mass is 213 g/mol. The third-order valence-electron chi connectivity index (χ3n) is 1.98. The molecule has 1 aromatic heterocycles. The van der Waals surface area contributed by atoms with E-state index in [4.69, 9.17) is 0 Å². The fourth-order valence-electron chi connectivity index (χ4n) is 1.24. The van der Waals surface area contributed by atoms with E-state index in [-0.39, 0.29) is 0 Å². The van der Waals surface area contributed by atoms with Crippen LogP contribution in [0.4, 0.5) is 5.69 Å². The van der Waals surface area contributed by atoms with Crippen molar-refractivity contribution in [3.63, 3.8) is 0 Å². The van der Waals surface area contributed by atoms with E-state index in [0.717, 1.165) is 16.0 Å². The molecular weight excluding hydrogens is 202 g/mol. The second-order valence-electron chi connectivity index (χ2n) is 3.23. The maximum absolute atomic E-state index is 11.0. The van der Waals surface area contributed by atoms with E-state index >= 15 is 0 Å². The highest BCUT2D eigenvalue weighted by Gasteiger charge is 1.92. The van der Waals surface area contributed by atoms with Crippen LogP contribution in [0.5, 0.6) is 0 Å². The number of hydrogen-bond donors (Lipinski definition) is 1. The van der Waals surface area contributed by atoms with Crippen molar-refractivity contribution in [1.82, 2.24) is 0 Å².